The highest BCUT2D eigenvalue weighted by Gasteiger charge is 2.26. The van der Waals surface area contributed by atoms with Crippen LogP contribution in [0.4, 0.5) is 0 Å². The topological polar surface area (TPSA) is 109 Å². The Hall–Kier alpha value is -2.94. The predicted molar refractivity (Wildman–Crippen MR) is 99.6 cm³/mol. The van der Waals surface area contributed by atoms with E-state index in [1.807, 2.05) is 6.92 Å². The van der Waals surface area contributed by atoms with Gasteiger partial charge < -0.3 is 9.47 Å². The molecule has 0 unspecified atom stereocenters. The van der Waals surface area contributed by atoms with Crippen molar-refractivity contribution in [2.75, 3.05) is 14.2 Å². The van der Waals surface area contributed by atoms with Crippen molar-refractivity contribution in [2.24, 2.45) is 0 Å². The molecule has 0 aliphatic carbocycles. The van der Waals surface area contributed by atoms with Crippen molar-refractivity contribution in [3.63, 3.8) is 0 Å². The molecule has 0 spiro atoms. The highest BCUT2D eigenvalue weighted by Crippen LogP contribution is 2.25. The number of carbonyl (C=O) groups is 3. The van der Waals surface area contributed by atoms with Crippen molar-refractivity contribution in [3.8, 4) is 0 Å². The van der Waals surface area contributed by atoms with Gasteiger partial charge >= 0.3 is 11.9 Å². The average Bonchev–Trinajstić information content (AvgIpc) is 3.04. The zero-order chi connectivity index (χ0) is 20.9. The first-order valence-corrected chi connectivity index (χ1v) is 9.82. The molecule has 1 aromatic heterocycles. The molecule has 0 atom stereocenters. The highest BCUT2D eigenvalue weighted by atomic mass is 32.2. The summed E-state index contributed by atoms with van der Waals surface area (Å²) >= 11 is 0. The Morgan fingerprint density at radius 3 is 2.21 bits per heavy atom. The lowest BCUT2D eigenvalue weighted by Gasteiger charge is -2.09. The number of hydrogen-bond acceptors (Lipinski definition) is 7. The van der Waals surface area contributed by atoms with Crippen LogP contribution in [0.5, 0.6) is 0 Å². The summed E-state index contributed by atoms with van der Waals surface area (Å²) in [5.74, 6) is -1.11. The maximum absolute atomic E-state index is 13.0. The molecule has 0 aliphatic rings. The number of esters is 2. The fraction of sp³-hybridized carbons (Fsp3) is 0.316. The Labute approximate surface area is 163 Å². The molecule has 1 aromatic carbocycles. The van der Waals surface area contributed by atoms with Crippen LogP contribution in [0.25, 0.3) is 0 Å². The number of benzene rings is 1. The van der Waals surface area contributed by atoms with Gasteiger partial charge in [0.25, 0.3) is 10.0 Å². The molecular weight excluding hydrogens is 386 g/mol. The van der Waals surface area contributed by atoms with Gasteiger partial charge in [0.1, 0.15) is 5.69 Å². The van der Waals surface area contributed by atoms with E-state index in [1.54, 1.807) is 12.1 Å². The van der Waals surface area contributed by atoms with Gasteiger partial charge in [0.2, 0.25) is 0 Å². The molecule has 0 fully saturated rings. The molecule has 0 radical (unpaired) electrons. The van der Waals surface area contributed by atoms with Crippen molar-refractivity contribution < 1.29 is 32.3 Å². The van der Waals surface area contributed by atoms with Crippen LogP contribution in [0.15, 0.2) is 35.4 Å². The third-order valence-electron chi connectivity index (χ3n) is 4.27. The minimum Gasteiger partial charge on any atom is -0.469 e. The third-order valence-corrected chi connectivity index (χ3v) is 5.95. The number of rotatable bonds is 8. The van der Waals surface area contributed by atoms with Gasteiger partial charge in [0.05, 0.1) is 25.5 Å². The van der Waals surface area contributed by atoms with Gasteiger partial charge in [0.15, 0.2) is 6.29 Å². The van der Waals surface area contributed by atoms with E-state index in [4.69, 9.17) is 0 Å². The number of ether oxygens (including phenoxy) is 2. The van der Waals surface area contributed by atoms with Gasteiger partial charge in [-0.25, -0.2) is 12.4 Å². The van der Waals surface area contributed by atoms with Crippen molar-refractivity contribution in [3.05, 3.63) is 52.8 Å². The molecule has 0 amide bonds. The molecule has 0 saturated heterocycles. The maximum Gasteiger partial charge on any atom is 0.310 e. The number of carbonyl (C=O) groups excluding carboxylic acids is 3. The van der Waals surface area contributed by atoms with Crippen molar-refractivity contribution >= 4 is 28.2 Å². The summed E-state index contributed by atoms with van der Waals surface area (Å²) in [5, 5.41) is 0. The monoisotopic (exact) mass is 407 g/mol. The van der Waals surface area contributed by atoms with Gasteiger partial charge in [-0.15, -0.1) is 0 Å². The minimum absolute atomic E-state index is 0.000311. The van der Waals surface area contributed by atoms with E-state index in [1.165, 1.54) is 32.5 Å². The summed E-state index contributed by atoms with van der Waals surface area (Å²) in [5.41, 5.74) is 1.34. The molecule has 0 bridgehead atoms. The van der Waals surface area contributed by atoms with Crippen LogP contribution in [0.3, 0.4) is 0 Å². The summed E-state index contributed by atoms with van der Waals surface area (Å²) in [6.45, 7) is 1.82. The Balaban J connectivity index is 2.59. The van der Waals surface area contributed by atoms with E-state index in [-0.39, 0.29) is 29.9 Å². The van der Waals surface area contributed by atoms with E-state index in [0.29, 0.717) is 17.4 Å². The fourth-order valence-electron chi connectivity index (χ4n) is 2.73. The van der Waals surface area contributed by atoms with Crippen LogP contribution in [0.1, 0.15) is 33.6 Å². The van der Waals surface area contributed by atoms with E-state index in [2.05, 4.69) is 9.47 Å². The fourth-order valence-corrected chi connectivity index (χ4v) is 4.12. The van der Waals surface area contributed by atoms with E-state index >= 15 is 0 Å². The quantitative estimate of drug-likeness (QED) is 0.484. The summed E-state index contributed by atoms with van der Waals surface area (Å²) in [7, 11) is -1.64. The summed E-state index contributed by atoms with van der Waals surface area (Å²) in [6, 6.07) is 6.16. The van der Waals surface area contributed by atoms with Crippen molar-refractivity contribution in [1.29, 1.82) is 0 Å². The van der Waals surface area contributed by atoms with E-state index < -0.39 is 22.0 Å². The second-order valence-corrected chi connectivity index (χ2v) is 7.89. The zero-order valence-corrected chi connectivity index (χ0v) is 16.6. The lowest BCUT2D eigenvalue weighted by atomic mass is 10.0. The second kappa shape index (κ2) is 8.83. The SMILES string of the molecule is COC(=O)CCc1c(CC(=O)OC)cn(S(=O)(=O)c2ccc(C)cc2)c1C=O. The van der Waals surface area contributed by atoms with E-state index in [0.717, 1.165) is 9.54 Å². The predicted octanol–water partition coefficient (Wildman–Crippen LogP) is 1.67. The number of methoxy groups -OCH3 is 2. The number of hydrogen-bond donors (Lipinski definition) is 0. The Morgan fingerprint density at radius 1 is 1.07 bits per heavy atom. The van der Waals surface area contributed by atoms with Crippen molar-refractivity contribution in [2.45, 2.75) is 31.1 Å². The number of nitrogens with zero attached hydrogens (tertiary/aromatic N) is 1. The lowest BCUT2D eigenvalue weighted by Crippen LogP contribution is -2.15. The molecule has 8 nitrogen and oxygen atoms in total. The maximum atomic E-state index is 13.0. The van der Waals surface area contributed by atoms with Gasteiger partial charge in [0, 0.05) is 12.6 Å². The largest absolute Gasteiger partial charge is 0.469 e. The van der Waals surface area contributed by atoms with Crippen LogP contribution in [0, 0.1) is 6.92 Å². The lowest BCUT2D eigenvalue weighted by molar-refractivity contribution is -0.140. The highest BCUT2D eigenvalue weighted by molar-refractivity contribution is 7.90. The second-order valence-electron chi connectivity index (χ2n) is 6.08. The molecule has 0 N–H and O–H groups in total. The average molecular weight is 407 g/mol. The van der Waals surface area contributed by atoms with Gasteiger partial charge in [-0.05, 0) is 36.6 Å². The van der Waals surface area contributed by atoms with Gasteiger partial charge in [-0.1, -0.05) is 17.7 Å². The first-order chi connectivity index (χ1) is 13.2. The molecular formula is C19H21NO7S. The normalized spacial score (nSPS) is 11.1. The van der Waals surface area contributed by atoms with Crippen LogP contribution in [-0.2, 0) is 41.9 Å². The molecule has 28 heavy (non-hydrogen) atoms. The molecule has 0 aliphatic heterocycles. The Bertz CT molecular complexity index is 988. The number of aryl methyl sites for hydroxylation is 1. The standard InChI is InChI=1S/C19H21NO7S/c1-13-4-6-15(7-5-13)28(24,25)20-11-14(10-19(23)27-3)16(17(20)12-21)8-9-18(22)26-2/h4-7,11-12H,8-10H2,1-3H3. The molecule has 9 heteroatoms. The molecule has 150 valence electrons. The zero-order valence-electron chi connectivity index (χ0n) is 15.8. The van der Waals surface area contributed by atoms with Crippen molar-refractivity contribution in [1.82, 2.24) is 3.97 Å². The number of aldehydes is 1. The first-order valence-electron chi connectivity index (χ1n) is 8.38. The Kier molecular flexibility index (Phi) is 6.74. The van der Waals surface area contributed by atoms with E-state index in [9.17, 15) is 22.8 Å². The van der Waals surface area contributed by atoms with Crippen LogP contribution in [-0.4, -0.2) is 44.8 Å². The minimum atomic E-state index is -4.07. The Morgan fingerprint density at radius 2 is 1.68 bits per heavy atom. The van der Waals surface area contributed by atoms with Crippen LogP contribution in [0.2, 0.25) is 0 Å². The van der Waals surface area contributed by atoms with Crippen LogP contribution >= 0.6 is 0 Å². The molecule has 2 rings (SSSR count). The summed E-state index contributed by atoms with van der Waals surface area (Å²) < 4.78 is 36.2. The molecule has 0 saturated carbocycles. The third kappa shape index (κ3) is 4.48. The molecule has 1 heterocycles. The summed E-state index contributed by atoms with van der Waals surface area (Å²) in [6.07, 6.45) is 1.37. The number of aromatic nitrogens is 1. The molecule has 2 aromatic rings. The van der Waals surface area contributed by atoms with Gasteiger partial charge in [-0.3, -0.25) is 14.4 Å². The first kappa shape index (κ1) is 21.4. The smallest absolute Gasteiger partial charge is 0.310 e. The summed E-state index contributed by atoms with van der Waals surface area (Å²) in [4.78, 5) is 35.0. The van der Waals surface area contributed by atoms with Gasteiger partial charge in [-0.2, -0.15) is 0 Å². The van der Waals surface area contributed by atoms with Crippen LogP contribution < -0.4 is 0 Å².